The smallest absolute Gasteiger partial charge is 0.167 e. The highest BCUT2D eigenvalue weighted by molar-refractivity contribution is 5.81. The lowest BCUT2D eigenvalue weighted by Crippen LogP contribution is -2.28. The van der Waals surface area contributed by atoms with E-state index in [1.165, 1.54) is 17.2 Å². The third-order valence-corrected chi connectivity index (χ3v) is 2.79. The molecule has 0 unspecified atom stereocenters. The summed E-state index contributed by atoms with van der Waals surface area (Å²) in [7, 11) is 0. The summed E-state index contributed by atoms with van der Waals surface area (Å²) in [6.45, 7) is 0.0755. The molecule has 2 aromatic rings. The molecule has 0 bridgehead atoms. The van der Waals surface area contributed by atoms with Crippen molar-refractivity contribution in [2.24, 2.45) is 0 Å². The minimum absolute atomic E-state index is 0.0755. The molecule has 3 heterocycles. The number of nitrogens with two attached hydrogens (primary N) is 1. The van der Waals surface area contributed by atoms with Gasteiger partial charge in [-0.05, 0) is 0 Å². The van der Waals surface area contributed by atoms with Crippen molar-refractivity contribution in [1.29, 1.82) is 0 Å². The van der Waals surface area contributed by atoms with E-state index in [9.17, 15) is 10.2 Å². The third kappa shape index (κ3) is 1.46. The molecule has 0 radical (unpaired) electrons. The summed E-state index contributed by atoms with van der Waals surface area (Å²) in [4.78, 5) is 11.9. The molecule has 3 atom stereocenters. The fraction of sp³-hybridized carbons (Fsp3) is 0.444. The second-order valence-electron chi connectivity index (χ2n) is 3.86. The molecule has 0 amide bonds. The number of aromatic nitrogens is 4. The van der Waals surface area contributed by atoms with E-state index in [4.69, 9.17) is 10.5 Å². The van der Waals surface area contributed by atoms with Crippen molar-refractivity contribution < 1.29 is 14.9 Å². The molecule has 8 heteroatoms. The molecular formula is C9H11N5O3. The maximum absolute atomic E-state index is 9.76. The first-order valence-electron chi connectivity index (χ1n) is 5.09. The number of nitrogens with zero attached hydrogens (tertiary/aromatic N) is 4. The quantitative estimate of drug-likeness (QED) is 0.561. The zero-order valence-electron chi connectivity index (χ0n) is 8.76. The molecule has 0 saturated carbocycles. The average molecular weight is 237 g/mol. The molecule has 0 aliphatic carbocycles. The number of anilines is 1. The Morgan fingerprint density at radius 1 is 1.35 bits per heavy atom. The SMILES string of the molecule is Nc1ncnc2c1ncn2[C@H]1OC[C@H](O)[C@H]1O. The third-order valence-electron chi connectivity index (χ3n) is 2.79. The van der Waals surface area contributed by atoms with Gasteiger partial charge in [-0.15, -0.1) is 0 Å². The van der Waals surface area contributed by atoms with E-state index in [0.717, 1.165) is 0 Å². The van der Waals surface area contributed by atoms with Gasteiger partial charge in [-0.3, -0.25) is 4.57 Å². The van der Waals surface area contributed by atoms with Gasteiger partial charge in [-0.1, -0.05) is 0 Å². The molecule has 2 aromatic heterocycles. The van der Waals surface area contributed by atoms with Crippen molar-refractivity contribution >= 4 is 17.0 Å². The van der Waals surface area contributed by atoms with Crippen LogP contribution in [-0.4, -0.2) is 48.5 Å². The molecule has 1 aliphatic rings. The number of fused-ring (bicyclic) bond motifs is 1. The Morgan fingerprint density at radius 2 is 2.18 bits per heavy atom. The number of rotatable bonds is 1. The van der Waals surface area contributed by atoms with Gasteiger partial charge in [0.15, 0.2) is 17.7 Å². The minimum Gasteiger partial charge on any atom is -0.388 e. The maximum Gasteiger partial charge on any atom is 0.167 e. The summed E-state index contributed by atoms with van der Waals surface area (Å²) in [5, 5.41) is 19.2. The van der Waals surface area contributed by atoms with E-state index in [0.29, 0.717) is 11.2 Å². The molecule has 1 aliphatic heterocycles. The van der Waals surface area contributed by atoms with E-state index >= 15 is 0 Å². The van der Waals surface area contributed by atoms with Gasteiger partial charge in [0.1, 0.15) is 24.1 Å². The molecule has 90 valence electrons. The van der Waals surface area contributed by atoms with E-state index in [-0.39, 0.29) is 12.4 Å². The van der Waals surface area contributed by atoms with Crippen molar-refractivity contribution in [3.05, 3.63) is 12.7 Å². The van der Waals surface area contributed by atoms with Crippen molar-refractivity contribution in [2.75, 3.05) is 12.3 Å². The molecule has 0 aromatic carbocycles. The molecule has 3 rings (SSSR count). The monoisotopic (exact) mass is 237 g/mol. The number of ether oxygens (including phenoxy) is 1. The van der Waals surface area contributed by atoms with Gasteiger partial charge in [0.05, 0.1) is 12.9 Å². The van der Waals surface area contributed by atoms with Crippen LogP contribution in [-0.2, 0) is 4.74 Å². The first kappa shape index (κ1) is 10.4. The fourth-order valence-electron chi connectivity index (χ4n) is 1.89. The summed E-state index contributed by atoms with van der Waals surface area (Å²) in [6, 6.07) is 0. The highest BCUT2D eigenvalue weighted by Gasteiger charge is 2.36. The van der Waals surface area contributed by atoms with Gasteiger partial charge in [-0.2, -0.15) is 0 Å². The number of hydrogen-bond donors (Lipinski definition) is 3. The number of nitrogen functional groups attached to an aromatic ring is 1. The number of aliphatic hydroxyl groups excluding tert-OH is 2. The molecule has 4 N–H and O–H groups in total. The van der Waals surface area contributed by atoms with Gasteiger partial charge < -0.3 is 20.7 Å². The zero-order valence-corrected chi connectivity index (χ0v) is 8.76. The number of aliphatic hydroxyl groups is 2. The Morgan fingerprint density at radius 3 is 2.88 bits per heavy atom. The maximum atomic E-state index is 9.76. The van der Waals surface area contributed by atoms with Gasteiger partial charge >= 0.3 is 0 Å². The number of imidazole rings is 1. The summed E-state index contributed by atoms with van der Waals surface area (Å²) < 4.78 is 6.83. The molecule has 1 fully saturated rings. The summed E-state index contributed by atoms with van der Waals surface area (Å²) in [5.41, 5.74) is 6.57. The van der Waals surface area contributed by atoms with Crippen molar-refractivity contribution in [1.82, 2.24) is 19.5 Å². The van der Waals surface area contributed by atoms with Crippen LogP contribution in [0.3, 0.4) is 0 Å². The van der Waals surface area contributed by atoms with E-state index in [1.54, 1.807) is 0 Å². The van der Waals surface area contributed by atoms with Crippen LogP contribution in [0.2, 0.25) is 0 Å². The van der Waals surface area contributed by atoms with Gasteiger partial charge in [-0.25, -0.2) is 15.0 Å². The van der Waals surface area contributed by atoms with Crippen LogP contribution in [0.4, 0.5) is 5.82 Å². The standard InChI is InChI=1S/C9H11N5O3/c10-7-5-8(12-2-11-7)14(3-13-5)9-6(16)4(15)1-17-9/h2-4,6,9,15-16H,1H2,(H2,10,11,12)/t4-,6+,9-/m0/s1. The summed E-state index contributed by atoms with van der Waals surface area (Å²) >= 11 is 0. The largest absolute Gasteiger partial charge is 0.388 e. The predicted molar refractivity (Wildman–Crippen MR) is 56.7 cm³/mol. The van der Waals surface area contributed by atoms with E-state index < -0.39 is 18.4 Å². The van der Waals surface area contributed by atoms with Crippen LogP contribution in [0.25, 0.3) is 11.2 Å². The van der Waals surface area contributed by atoms with Crippen LogP contribution >= 0.6 is 0 Å². The predicted octanol–water partition coefficient (Wildman–Crippen LogP) is -1.34. The van der Waals surface area contributed by atoms with Gasteiger partial charge in [0.25, 0.3) is 0 Å². The average Bonchev–Trinajstić information content (AvgIpc) is 2.86. The van der Waals surface area contributed by atoms with E-state index in [2.05, 4.69) is 15.0 Å². The number of hydrogen-bond acceptors (Lipinski definition) is 7. The molecule has 8 nitrogen and oxygen atoms in total. The van der Waals surface area contributed by atoms with Gasteiger partial charge in [0, 0.05) is 0 Å². The second-order valence-corrected chi connectivity index (χ2v) is 3.86. The van der Waals surface area contributed by atoms with Crippen LogP contribution in [0.15, 0.2) is 12.7 Å². The lowest BCUT2D eigenvalue weighted by Gasteiger charge is -2.16. The normalized spacial score (nSPS) is 28.9. The Hall–Kier alpha value is -1.77. The summed E-state index contributed by atoms with van der Waals surface area (Å²) in [6.07, 6.45) is 0.152. The molecule has 0 spiro atoms. The lowest BCUT2D eigenvalue weighted by molar-refractivity contribution is -0.0162. The minimum atomic E-state index is -1.01. The van der Waals surface area contributed by atoms with Crippen LogP contribution in [0.5, 0.6) is 0 Å². The Kier molecular flexibility index (Phi) is 2.21. The topological polar surface area (TPSA) is 119 Å². The highest BCUT2D eigenvalue weighted by Crippen LogP contribution is 2.27. The van der Waals surface area contributed by atoms with Gasteiger partial charge in [0.2, 0.25) is 0 Å². The van der Waals surface area contributed by atoms with Crippen molar-refractivity contribution in [2.45, 2.75) is 18.4 Å². The molecule has 1 saturated heterocycles. The highest BCUT2D eigenvalue weighted by atomic mass is 16.5. The van der Waals surface area contributed by atoms with E-state index in [1.807, 2.05) is 0 Å². The zero-order chi connectivity index (χ0) is 12.0. The lowest BCUT2D eigenvalue weighted by atomic mass is 10.2. The molecule has 17 heavy (non-hydrogen) atoms. The first-order valence-corrected chi connectivity index (χ1v) is 5.09. The van der Waals surface area contributed by atoms with Crippen LogP contribution in [0, 0.1) is 0 Å². The Balaban J connectivity index is 2.10. The van der Waals surface area contributed by atoms with Crippen molar-refractivity contribution in [3.63, 3.8) is 0 Å². The second kappa shape index (κ2) is 3.62. The Labute approximate surface area is 95.7 Å². The van der Waals surface area contributed by atoms with Crippen LogP contribution in [0.1, 0.15) is 6.23 Å². The summed E-state index contributed by atoms with van der Waals surface area (Å²) in [5.74, 6) is 0.266. The van der Waals surface area contributed by atoms with Crippen LogP contribution < -0.4 is 5.73 Å². The van der Waals surface area contributed by atoms with Crippen molar-refractivity contribution in [3.8, 4) is 0 Å². The first-order chi connectivity index (χ1) is 8.18. The Bertz CT molecular complexity index is 557. The fourth-order valence-corrected chi connectivity index (χ4v) is 1.89. The molecular weight excluding hydrogens is 226 g/mol.